The minimum Gasteiger partial charge on any atom is -0.386 e. The Balaban J connectivity index is 1.30. The predicted octanol–water partition coefficient (Wildman–Crippen LogP) is 5.57. The van der Waals surface area contributed by atoms with Gasteiger partial charge in [-0.25, -0.2) is 0 Å². The molecule has 5 aliphatic rings. The molecule has 1 heterocycles. The van der Waals surface area contributed by atoms with Crippen molar-refractivity contribution >= 4 is 5.78 Å². The lowest BCUT2D eigenvalue weighted by atomic mass is 9.46. The molecule has 0 aromatic rings. The highest BCUT2D eigenvalue weighted by Gasteiger charge is 2.60. The number of aliphatic hydroxyl groups is 1. The second kappa shape index (κ2) is 9.06. The smallest absolute Gasteiger partial charge is 0.129 e. The number of hydrogen-bond acceptors (Lipinski definition) is 4. The molecule has 0 aromatic carbocycles. The summed E-state index contributed by atoms with van der Waals surface area (Å²) in [7, 11) is 0. The van der Waals surface area contributed by atoms with E-state index >= 15 is 0 Å². The molecule has 186 valence electrons. The van der Waals surface area contributed by atoms with E-state index in [1.54, 1.807) is 6.92 Å². The summed E-state index contributed by atoms with van der Waals surface area (Å²) in [6.07, 6.45) is 12.3. The van der Waals surface area contributed by atoms with Crippen molar-refractivity contribution in [3.63, 3.8) is 0 Å². The van der Waals surface area contributed by atoms with E-state index in [4.69, 9.17) is 9.47 Å². The molecule has 0 amide bonds. The van der Waals surface area contributed by atoms with Gasteiger partial charge in [0, 0.05) is 12.3 Å². The van der Waals surface area contributed by atoms with Gasteiger partial charge in [0.05, 0.1) is 25.9 Å². The Hall–Kier alpha value is -0.710. The summed E-state index contributed by atoms with van der Waals surface area (Å²) in [5.41, 5.74) is 1.84. The van der Waals surface area contributed by atoms with Crippen molar-refractivity contribution in [2.24, 2.45) is 46.3 Å². The van der Waals surface area contributed by atoms with Gasteiger partial charge in [0.1, 0.15) is 11.9 Å². The molecule has 0 unspecified atom stereocenters. The van der Waals surface area contributed by atoms with Gasteiger partial charge in [0.25, 0.3) is 0 Å². The monoisotopic (exact) mass is 458 g/mol. The lowest BCUT2D eigenvalue weighted by molar-refractivity contribution is -0.128. The van der Waals surface area contributed by atoms with E-state index in [0.29, 0.717) is 29.0 Å². The molecule has 4 fully saturated rings. The van der Waals surface area contributed by atoms with E-state index in [9.17, 15) is 9.90 Å². The number of fused-ring (bicyclic) bond motifs is 5. The maximum Gasteiger partial charge on any atom is 0.129 e. The van der Waals surface area contributed by atoms with E-state index in [1.807, 2.05) is 0 Å². The first-order chi connectivity index (χ1) is 15.7. The van der Waals surface area contributed by atoms with Gasteiger partial charge < -0.3 is 19.4 Å². The van der Waals surface area contributed by atoms with Crippen molar-refractivity contribution in [2.75, 3.05) is 19.8 Å². The minimum absolute atomic E-state index is 0.0479. The Morgan fingerprint density at radius 1 is 1.18 bits per heavy atom. The van der Waals surface area contributed by atoms with Crippen LogP contribution >= 0.6 is 0 Å². The number of carbonyl (C=O) groups is 1. The summed E-state index contributed by atoms with van der Waals surface area (Å²) >= 11 is 0. The predicted molar refractivity (Wildman–Crippen MR) is 130 cm³/mol. The Labute approximate surface area is 200 Å². The highest BCUT2D eigenvalue weighted by atomic mass is 16.5. The van der Waals surface area contributed by atoms with Gasteiger partial charge in [-0.3, -0.25) is 0 Å². The summed E-state index contributed by atoms with van der Waals surface area (Å²) in [4.78, 5) is 11.6. The summed E-state index contributed by atoms with van der Waals surface area (Å²) in [6.45, 7) is 11.5. The zero-order valence-electron chi connectivity index (χ0n) is 21.4. The second-order valence-electron chi connectivity index (χ2n) is 12.9. The zero-order valence-corrected chi connectivity index (χ0v) is 21.4. The normalized spacial score (nSPS) is 45.9. The van der Waals surface area contributed by atoms with Gasteiger partial charge in [-0.2, -0.15) is 0 Å². The third kappa shape index (κ3) is 4.06. The van der Waals surface area contributed by atoms with Crippen molar-refractivity contribution < 1.29 is 19.4 Å². The molecule has 0 spiro atoms. The van der Waals surface area contributed by atoms with Crippen molar-refractivity contribution in [3.05, 3.63) is 11.6 Å². The fourth-order valence-corrected chi connectivity index (χ4v) is 9.13. The SMILES string of the molecule is CC(=O)CC[C@@H](C)[C@H]1CC[C@H]2[C@@H]3CC=C4[C@@H](O)[C@@H](OCC5COC5)CC[C@]4(C)[C@H]3CC[C@]12C. The van der Waals surface area contributed by atoms with Gasteiger partial charge in [-0.15, -0.1) is 0 Å². The quantitative estimate of drug-likeness (QED) is 0.507. The van der Waals surface area contributed by atoms with Crippen molar-refractivity contribution in [2.45, 2.75) is 97.7 Å². The van der Waals surface area contributed by atoms with Crippen LogP contribution in [0.25, 0.3) is 0 Å². The molecule has 9 atom stereocenters. The third-order valence-electron chi connectivity index (χ3n) is 11.1. The van der Waals surface area contributed by atoms with Crippen LogP contribution in [-0.4, -0.2) is 42.9 Å². The second-order valence-corrected chi connectivity index (χ2v) is 12.9. The average molecular weight is 459 g/mol. The van der Waals surface area contributed by atoms with E-state index in [2.05, 4.69) is 26.8 Å². The van der Waals surface area contributed by atoms with Crippen LogP contribution in [0.4, 0.5) is 0 Å². The Morgan fingerprint density at radius 3 is 2.67 bits per heavy atom. The van der Waals surface area contributed by atoms with Crippen LogP contribution in [0.2, 0.25) is 0 Å². The van der Waals surface area contributed by atoms with Gasteiger partial charge in [0.15, 0.2) is 0 Å². The maximum atomic E-state index is 11.6. The van der Waals surface area contributed by atoms with Gasteiger partial charge >= 0.3 is 0 Å². The van der Waals surface area contributed by atoms with Crippen LogP contribution < -0.4 is 0 Å². The van der Waals surface area contributed by atoms with E-state index in [1.165, 1.54) is 31.3 Å². The Bertz CT molecular complexity index is 772. The summed E-state index contributed by atoms with van der Waals surface area (Å²) in [5.74, 6) is 4.48. The molecule has 4 aliphatic carbocycles. The van der Waals surface area contributed by atoms with Crippen LogP contribution in [0.5, 0.6) is 0 Å². The lowest BCUT2D eigenvalue weighted by Gasteiger charge is -2.59. The summed E-state index contributed by atoms with van der Waals surface area (Å²) in [5, 5.41) is 11.3. The molecule has 1 aliphatic heterocycles. The fraction of sp³-hybridized carbons (Fsp3) is 0.897. The minimum atomic E-state index is -0.443. The molecule has 3 saturated carbocycles. The molecular formula is C29H46O4. The summed E-state index contributed by atoms with van der Waals surface area (Å²) in [6, 6.07) is 0. The van der Waals surface area contributed by atoms with Crippen molar-refractivity contribution in [1.82, 2.24) is 0 Å². The van der Waals surface area contributed by atoms with E-state index in [-0.39, 0.29) is 11.5 Å². The first-order valence-corrected chi connectivity index (χ1v) is 13.8. The van der Waals surface area contributed by atoms with E-state index in [0.717, 1.165) is 69.7 Å². The number of ether oxygens (including phenoxy) is 2. The van der Waals surface area contributed by atoms with Crippen LogP contribution in [0.15, 0.2) is 11.6 Å². The number of aliphatic hydroxyl groups excluding tert-OH is 1. The zero-order chi connectivity index (χ0) is 23.4. The maximum absolute atomic E-state index is 11.6. The molecule has 1 saturated heterocycles. The number of rotatable bonds is 7. The molecule has 4 heteroatoms. The van der Waals surface area contributed by atoms with Crippen LogP contribution in [0.3, 0.4) is 0 Å². The number of carbonyl (C=O) groups excluding carboxylic acids is 1. The summed E-state index contributed by atoms with van der Waals surface area (Å²) < 4.78 is 11.5. The molecule has 5 rings (SSSR count). The van der Waals surface area contributed by atoms with Crippen LogP contribution in [0, 0.1) is 46.3 Å². The molecule has 0 radical (unpaired) electrons. The van der Waals surface area contributed by atoms with Crippen molar-refractivity contribution in [1.29, 1.82) is 0 Å². The molecule has 0 bridgehead atoms. The largest absolute Gasteiger partial charge is 0.386 e. The van der Waals surface area contributed by atoms with E-state index < -0.39 is 6.10 Å². The van der Waals surface area contributed by atoms with Gasteiger partial charge in [-0.1, -0.05) is 26.8 Å². The topological polar surface area (TPSA) is 55.8 Å². The number of ketones is 1. The van der Waals surface area contributed by atoms with Crippen LogP contribution in [0.1, 0.15) is 85.5 Å². The van der Waals surface area contributed by atoms with Crippen molar-refractivity contribution in [3.8, 4) is 0 Å². The number of allylic oxidation sites excluding steroid dienone is 1. The third-order valence-corrected chi connectivity index (χ3v) is 11.1. The first kappa shape index (κ1) is 24.0. The Kier molecular flexibility index (Phi) is 6.59. The fourth-order valence-electron chi connectivity index (χ4n) is 9.13. The number of Topliss-reactive ketones (excluding diaryl/α,β-unsaturated/α-hetero) is 1. The molecule has 1 N–H and O–H groups in total. The molecule has 33 heavy (non-hydrogen) atoms. The Morgan fingerprint density at radius 2 is 1.97 bits per heavy atom. The first-order valence-electron chi connectivity index (χ1n) is 13.8. The lowest BCUT2D eigenvalue weighted by Crippen LogP contribution is -2.54. The average Bonchev–Trinajstić information content (AvgIpc) is 3.10. The molecular weight excluding hydrogens is 412 g/mol. The highest BCUT2D eigenvalue weighted by Crippen LogP contribution is 2.67. The number of hydrogen-bond donors (Lipinski definition) is 1. The molecule has 0 aromatic heterocycles. The highest BCUT2D eigenvalue weighted by molar-refractivity contribution is 5.75. The molecule has 4 nitrogen and oxygen atoms in total. The van der Waals surface area contributed by atoms with Gasteiger partial charge in [0.2, 0.25) is 0 Å². The standard InChI is InChI=1S/C29H46O4/c1-18(5-6-19(2)30)22-9-10-23-21-7-8-25-27(31)26(33-17-20-15-32-16-20)12-14-29(25,4)24(21)11-13-28(22,23)3/h8,18,20-24,26-27,31H,5-7,9-17H2,1-4H3/t18-,21+,22-,23+,24+,26+,27-,28-,29-/m1/s1. The van der Waals surface area contributed by atoms with Gasteiger partial charge in [-0.05, 0) is 104 Å². The van der Waals surface area contributed by atoms with Crippen LogP contribution in [-0.2, 0) is 14.3 Å².